The molecule has 1 heterocycles. The Balaban J connectivity index is 2.52. The number of hydrogen-bond donors (Lipinski definition) is 2. The molecule has 0 saturated heterocycles. The first-order chi connectivity index (χ1) is 9.34. The van der Waals surface area contributed by atoms with E-state index in [0.717, 1.165) is 18.4 Å². The topological polar surface area (TPSA) is 82.0 Å². The third-order valence-corrected chi connectivity index (χ3v) is 3.84. The molecular formula is C16H27N3O. The number of anilines is 1. The van der Waals surface area contributed by atoms with Crippen LogP contribution in [-0.4, -0.2) is 17.3 Å². The van der Waals surface area contributed by atoms with Gasteiger partial charge in [-0.05, 0) is 36.8 Å². The lowest BCUT2D eigenvalue weighted by Crippen LogP contribution is -2.24. The molecule has 1 aromatic heterocycles. The average Bonchev–Trinajstić information content (AvgIpc) is 2.36. The smallest absolute Gasteiger partial charge is 0.137 e. The van der Waals surface area contributed by atoms with Crippen LogP contribution in [0.15, 0.2) is 18.5 Å². The Kier molecular flexibility index (Phi) is 6.14. The number of carbonyl (C=O) groups is 1. The van der Waals surface area contributed by atoms with Crippen LogP contribution in [0.4, 0.5) is 5.69 Å². The van der Waals surface area contributed by atoms with E-state index in [1.54, 1.807) is 18.5 Å². The van der Waals surface area contributed by atoms with E-state index < -0.39 is 0 Å². The highest BCUT2D eigenvalue weighted by molar-refractivity contribution is 5.82. The summed E-state index contributed by atoms with van der Waals surface area (Å²) in [5.41, 5.74) is 13.2. The molecule has 0 radical (unpaired) electrons. The van der Waals surface area contributed by atoms with E-state index in [2.05, 4.69) is 25.8 Å². The fourth-order valence-corrected chi connectivity index (χ4v) is 2.43. The van der Waals surface area contributed by atoms with Gasteiger partial charge < -0.3 is 11.5 Å². The van der Waals surface area contributed by atoms with Crippen LogP contribution in [-0.2, 0) is 11.2 Å². The molecule has 4 nitrogen and oxygen atoms in total. The summed E-state index contributed by atoms with van der Waals surface area (Å²) >= 11 is 0. The Hall–Kier alpha value is -1.42. The minimum absolute atomic E-state index is 0.187. The number of rotatable bonds is 7. The van der Waals surface area contributed by atoms with Crippen LogP contribution in [0.1, 0.15) is 45.6 Å². The monoisotopic (exact) mass is 277 g/mol. The maximum Gasteiger partial charge on any atom is 0.137 e. The van der Waals surface area contributed by atoms with E-state index in [1.807, 2.05) is 0 Å². The zero-order chi connectivity index (χ0) is 15.2. The molecule has 1 rings (SSSR count). The highest BCUT2D eigenvalue weighted by Crippen LogP contribution is 2.32. The van der Waals surface area contributed by atoms with Crippen molar-refractivity contribution in [2.24, 2.45) is 17.1 Å². The number of nitrogens with two attached hydrogens (primary N) is 2. The molecule has 4 heteroatoms. The van der Waals surface area contributed by atoms with Crippen molar-refractivity contribution in [2.75, 3.05) is 12.3 Å². The van der Waals surface area contributed by atoms with Gasteiger partial charge in [-0.25, -0.2) is 0 Å². The van der Waals surface area contributed by atoms with Crippen molar-refractivity contribution in [1.29, 1.82) is 0 Å². The Labute approximate surface area is 122 Å². The molecule has 0 aliphatic rings. The Morgan fingerprint density at radius 3 is 2.60 bits per heavy atom. The first-order valence-electron chi connectivity index (χ1n) is 7.24. The normalized spacial score (nSPS) is 13.2. The lowest BCUT2D eigenvalue weighted by atomic mass is 9.76. The van der Waals surface area contributed by atoms with Crippen LogP contribution in [0, 0.1) is 11.3 Å². The van der Waals surface area contributed by atoms with E-state index in [0.29, 0.717) is 31.0 Å². The number of Topliss-reactive ketones (excluding diaryl/α,β-unsaturated/α-hetero) is 1. The van der Waals surface area contributed by atoms with E-state index in [1.165, 1.54) is 0 Å². The average molecular weight is 277 g/mol. The molecule has 112 valence electrons. The molecule has 0 saturated carbocycles. The largest absolute Gasteiger partial charge is 0.398 e. The molecule has 0 aromatic carbocycles. The Bertz CT molecular complexity index is 438. The van der Waals surface area contributed by atoms with Gasteiger partial charge in [0.25, 0.3) is 0 Å². The van der Waals surface area contributed by atoms with Crippen molar-refractivity contribution in [3.63, 3.8) is 0 Å². The Morgan fingerprint density at radius 2 is 2.05 bits per heavy atom. The molecule has 1 atom stereocenters. The van der Waals surface area contributed by atoms with E-state index in [4.69, 9.17) is 11.5 Å². The fourth-order valence-electron chi connectivity index (χ4n) is 2.43. The highest BCUT2D eigenvalue weighted by Gasteiger charge is 2.24. The first-order valence-corrected chi connectivity index (χ1v) is 7.24. The standard InChI is InChI=1S/C16H27N3O/c1-16(2,3)13(6-8-17)4-5-14(20)10-12-11-19-9-7-15(12)18/h7,9,11,13H,4-6,8,10,17H2,1-3H3,(H2,18,19). The van der Waals surface area contributed by atoms with Gasteiger partial charge in [0.2, 0.25) is 0 Å². The molecule has 0 aliphatic carbocycles. The van der Waals surface area contributed by atoms with E-state index >= 15 is 0 Å². The second kappa shape index (κ2) is 7.39. The SMILES string of the molecule is CC(C)(C)C(CCN)CCC(=O)Cc1cnccc1N. The zero-order valence-electron chi connectivity index (χ0n) is 12.9. The molecule has 4 N–H and O–H groups in total. The van der Waals surface area contributed by atoms with Gasteiger partial charge in [0.1, 0.15) is 5.78 Å². The third kappa shape index (κ3) is 5.29. The third-order valence-electron chi connectivity index (χ3n) is 3.84. The fraction of sp³-hybridized carbons (Fsp3) is 0.625. The van der Waals surface area contributed by atoms with Gasteiger partial charge in [-0.1, -0.05) is 20.8 Å². The van der Waals surface area contributed by atoms with Gasteiger partial charge in [0.15, 0.2) is 0 Å². The summed E-state index contributed by atoms with van der Waals surface area (Å²) in [6.45, 7) is 7.29. The van der Waals surface area contributed by atoms with Crippen LogP contribution < -0.4 is 11.5 Å². The molecule has 0 amide bonds. The summed E-state index contributed by atoms with van der Waals surface area (Å²) in [6, 6.07) is 1.73. The van der Waals surface area contributed by atoms with Gasteiger partial charge in [0.05, 0.1) is 0 Å². The molecule has 0 bridgehead atoms. The van der Waals surface area contributed by atoms with E-state index in [-0.39, 0.29) is 11.2 Å². The highest BCUT2D eigenvalue weighted by atomic mass is 16.1. The van der Waals surface area contributed by atoms with Crippen LogP contribution >= 0.6 is 0 Å². The van der Waals surface area contributed by atoms with E-state index in [9.17, 15) is 4.79 Å². The minimum Gasteiger partial charge on any atom is -0.398 e. The predicted molar refractivity (Wildman–Crippen MR) is 83.2 cm³/mol. The zero-order valence-corrected chi connectivity index (χ0v) is 12.9. The van der Waals surface area contributed by atoms with Crippen LogP contribution in [0.2, 0.25) is 0 Å². The minimum atomic E-state index is 0.187. The number of hydrogen-bond acceptors (Lipinski definition) is 4. The molecule has 0 fully saturated rings. The molecule has 1 unspecified atom stereocenters. The van der Waals surface area contributed by atoms with Crippen LogP contribution in [0.3, 0.4) is 0 Å². The summed E-state index contributed by atoms with van der Waals surface area (Å²) in [7, 11) is 0. The maximum absolute atomic E-state index is 12.1. The predicted octanol–water partition coefficient (Wildman–Crippen LogP) is 2.57. The van der Waals surface area contributed by atoms with Crippen molar-refractivity contribution < 1.29 is 4.79 Å². The van der Waals surface area contributed by atoms with Gasteiger partial charge in [-0.3, -0.25) is 9.78 Å². The first kappa shape index (κ1) is 16.6. The quantitative estimate of drug-likeness (QED) is 0.802. The van der Waals surface area contributed by atoms with Crippen molar-refractivity contribution >= 4 is 11.5 Å². The number of nitrogen functional groups attached to an aromatic ring is 1. The van der Waals surface area contributed by atoms with Crippen LogP contribution in [0.25, 0.3) is 0 Å². The van der Waals surface area contributed by atoms with Crippen molar-refractivity contribution in [1.82, 2.24) is 4.98 Å². The molecular weight excluding hydrogens is 250 g/mol. The number of aromatic nitrogens is 1. The molecule has 0 spiro atoms. The number of nitrogens with zero attached hydrogens (tertiary/aromatic N) is 1. The lowest BCUT2D eigenvalue weighted by molar-refractivity contribution is -0.118. The van der Waals surface area contributed by atoms with Gasteiger partial charge in [0, 0.05) is 36.5 Å². The number of carbonyl (C=O) groups excluding carboxylic acids is 1. The second-order valence-electron chi connectivity index (χ2n) is 6.47. The maximum atomic E-state index is 12.1. The summed E-state index contributed by atoms with van der Waals surface area (Å²) < 4.78 is 0. The van der Waals surface area contributed by atoms with Crippen molar-refractivity contribution in [3.05, 3.63) is 24.0 Å². The lowest BCUT2D eigenvalue weighted by Gasteiger charge is -2.30. The number of pyridine rings is 1. The number of ketones is 1. The summed E-state index contributed by atoms with van der Waals surface area (Å²) in [6.07, 6.45) is 6.12. The Morgan fingerprint density at radius 1 is 1.35 bits per heavy atom. The van der Waals surface area contributed by atoms with Gasteiger partial charge in [-0.2, -0.15) is 0 Å². The second-order valence-corrected chi connectivity index (χ2v) is 6.47. The van der Waals surface area contributed by atoms with Crippen LogP contribution in [0.5, 0.6) is 0 Å². The molecule has 1 aromatic rings. The van der Waals surface area contributed by atoms with Crippen molar-refractivity contribution in [3.8, 4) is 0 Å². The summed E-state index contributed by atoms with van der Waals surface area (Å²) in [5, 5.41) is 0. The van der Waals surface area contributed by atoms with Gasteiger partial charge in [-0.15, -0.1) is 0 Å². The molecule has 0 aliphatic heterocycles. The summed E-state index contributed by atoms with van der Waals surface area (Å²) in [5.74, 6) is 0.693. The summed E-state index contributed by atoms with van der Waals surface area (Å²) in [4.78, 5) is 16.1. The van der Waals surface area contributed by atoms with Gasteiger partial charge >= 0.3 is 0 Å². The molecule has 20 heavy (non-hydrogen) atoms. The van der Waals surface area contributed by atoms with Crippen molar-refractivity contribution in [2.45, 2.75) is 46.5 Å².